The number of hydrogen-bond acceptors (Lipinski definition) is 2. The van der Waals surface area contributed by atoms with Crippen LogP contribution in [0, 0.1) is 19.8 Å². The third kappa shape index (κ3) is 2.64. The molecule has 1 aliphatic carbocycles. The van der Waals surface area contributed by atoms with Gasteiger partial charge in [0.2, 0.25) is 0 Å². The van der Waals surface area contributed by atoms with Crippen molar-refractivity contribution in [1.29, 1.82) is 0 Å². The standard InChI is InChI=1S/C19H21NO/c1-12-8-13(2)10-15(9-12)19-14(3)11-16-17(20-19)6-5-7-18(16)21-4/h5-11,16,18H,1-4H3. The van der Waals surface area contributed by atoms with Crippen LogP contribution in [0.3, 0.4) is 0 Å². The summed E-state index contributed by atoms with van der Waals surface area (Å²) in [7, 11) is 1.75. The van der Waals surface area contributed by atoms with Gasteiger partial charge in [-0.15, -0.1) is 0 Å². The minimum absolute atomic E-state index is 0.0875. The zero-order chi connectivity index (χ0) is 15.0. The van der Waals surface area contributed by atoms with Crippen molar-refractivity contribution in [1.82, 2.24) is 0 Å². The highest BCUT2D eigenvalue weighted by Crippen LogP contribution is 2.32. The summed E-state index contributed by atoms with van der Waals surface area (Å²) in [6, 6.07) is 6.60. The highest BCUT2D eigenvalue weighted by Gasteiger charge is 2.27. The molecule has 2 atom stereocenters. The Kier molecular flexibility index (Phi) is 3.64. The summed E-state index contributed by atoms with van der Waals surface area (Å²) in [6.45, 7) is 6.40. The van der Waals surface area contributed by atoms with Gasteiger partial charge in [0.1, 0.15) is 0 Å². The molecular weight excluding hydrogens is 258 g/mol. The lowest BCUT2D eigenvalue weighted by Gasteiger charge is -2.28. The molecule has 108 valence electrons. The molecule has 0 spiro atoms. The van der Waals surface area contributed by atoms with Crippen LogP contribution in [0.4, 0.5) is 0 Å². The second kappa shape index (κ2) is 5.45. The Labute approximate surface area is 126 Å². The van der Waals surface area contributed by atoms with Gasteiger partial charge in [-0.1, -0.05) is 35.4 Å². The molecule has 2 aliphatic rings. The summed E-state index contributed by atoms with van der Waals surface area (Å²) in [5.41, 5.74) is 7.13. The molecule has 0 saturated heterocycles. The van der Waals surface area contributed by atoms with Crippen molar-refractivity contribution in [3.63, 3.8) is 0 Å². The van der Waals surface area contributed by atoms with E-state index in [4.69, 9.17) is 9.73 Å². The molecule has 0 N–H and O–H groups in total. The van der Waals surface area contributed by atoms with E-state index in [1.54, 1.807) is 7.11 Å². The number of nitrogens with zero attached hydrogens (tertiary/aromatic N) is 1. The van der Waals surface area contributed by atoms with Crippen molar-refractivity contribution in [3.05, 3.63) is 70.5 Å². The number of fused-ring (bicyclic) bond motifs is 1. The predicted molar refractivity (Wildman–Crippen MR) is 87.7 cm³/mol. The highest BCUT2D eigenvalue weighted by atomic mass is 16.5. The van der Waals surface area contributed by atoms with Crippen LogP contribution in [0.2, 0.25) is 0 Å². The van der Waals surface area contributed by atoms with Gasteiger partial charge in [-0.2, -0.15) is 0 Å². The first-order chi connectivity index (χ1) is 10.1. The van der Waals surface area contributed by atoms with Crippen molar-refractivity contribution in [2.75, 3.05) is 7.11 Å². The Morgan fingerprint density at radius 3 is 2.43 bits per heavy atom. The van der Waals surface area contributed by atoms with Crippen molar-refractivity contribution in [2.24, 2.45) is 10.9 Å². The van der Waals surface area contributed by atoms with E-state index in [9.17, 15) is 0 Å². The number of aliphatic imine (C=N–C) groups is 1. The van der Waals surface area contributed by atoms with Gasteiger partial charge >= 0.3 is 0 Å². The third-order valence-electron chi connectivity index (χ3n) is 4.07. The molecule has 0 aromatic heterocycles. The summed E-state index contributed by atoms with van der Waals surface area (Å²) in [5, 5.41) is 0. The van der Waals surface area contributed by atoms with E-state index >= 15 is 0 Å². The van der Waals surface area contributed by atoms with Crippen molar-refractivity contribution >= 4 is 5.71 Å². The van der Waals surface area contributed by atoms with E-state index in [1.807, 2.05) is 6.08 Å². The van der Waals surface area contributed by atoms with Crippen LogP contribution < -0.4 is 0 Å². The quantitative estimate of drug-likeness (QED) is 0.797. The van der Waals surface area contributed by atoms with E-state index in [2.05, 4.69) is 57.2 Å². The second-order valence-corrected chi connectivity index (χ2v) is 5.89. The van der Waals surface area contributed by atoms with Gasteiger partial charge in [0.05, 0.1) is 17.5 Å². The molecule has 1 heterocycles. The molecule has 3 rings (SSSR count). The number of benzene rings is 1. The molecule has 1 aromatic rings. The molecule has 1 aromatic carbocycles. The molecular formula is C19H21NO. The maximum atomic E-state index is 5.55. The highest BCUT2D eigenvalue weighted by molar-refractivity contribution is 6.13. The van der Waals surface area contributed by atoms with Gasteiger partial charge in [0, 0.05) is 18.6 Å². The minimum Gasteiger partial charge on any atom is -0.376 e. The Morgan fingerprint density at radius 1 is 1.05 bits per heavy atom. The number of ether oxygens (including phenoxy) is 1. The van der Waals surface area contributed by atoms with E-state index in [0.29, 0.717) is 0 Å². The fourth-order valence-corrected chi connectivity index (χ4v) is 3.15. The van der Waals surface area contributed by atoms with Crippen LogP contribution >= 0.6 is 0 Å². The van der Waals surface area contributed by atoms with Crippen LogP contribution in [-0.2, 0) is 4.74 Å². The summed E-state index contributed by atoms with van der Waals surface area (Å²) in [4.78, 5) is 4.91. The molecule has 2 nitrogen and oxygen atoms in total. The number of aryl methyl sites for hydroxylation is 2. The smallest absolute Gasteiger partial charge is 0.0873 e. The van der Waals surface area contributed by atoms with Crippen molar-refractivity contribution in [3.8, 4) is 0 Å². The molecule has 0 radical (unpaired) electrons. The maximum absolute atomic E-state index is 5.55. The number of hydrogen-bond donors (Lipinski definition) is 0. The van der Waals surface area contributed by atoms with E-state index in [1.165, 1.54) is 22.3 Å². The average Bonchev–Trinajstić information content (AvgIpc) is 2.45. The lowest BCUT2D eigenvalue weighted by Crippen LogP contribution is -2.26. The molecule has 21 heavy (non-hydrogen) atoms. The van der Waals surface area contributed by atoms with Gasteiger partial charge in [-0.05, 0) is 44.6 Å². The van der Waals surface area contributed by atoms with Gasteiger partial charge < -0.3 is 4.74 Å². The first-order valence-corrected chi connectivity index (χ1v) is 7.36. The predicted octanol–water partition coefficient (Wildman–Crippen LogP) is 4.14. The third-order valence-corrected chi connectivity index (χ3v) is 4.07. The van der Waals surface area contributed by atoms with Gasteiger partial charge in [0.25, 0.3) is 0 Å². The van der Waals surface area contributed by atoms with Crippen molar-refractivity contribution < 1.29 is 4.74 Å². The van der Waals surface area contributed by atoms with Crippen molar-refractivity contribution in [2.45, 2.75) is 26.9 Å². The summed E-state index contributed by atoms with van der Waals surface area (Å²) in [6.07, 6.45) is 8.59. The van der Waals surface area contributed by atoms with Crippen LogP contribution in [-0.4, -0.2) is 18.9 Å². The Balaban J connectivity index is 2.05. The molecule has 0 fully saturated rings. The first-order valence-electron chi connectivity index (χ1n) is 7.36. The summed E-state index contributed by atoms with van der Waals surface area (Å²) < 4.78 is 5.55. The van der Waals surface area contributed by atoms with Crippen LogP contribution in [0.25, 0.3) is 0 Å². The Bertz CT molecular complexity index is 671. The number of dihydropyridines is 1. The Hall–Kier alpha value is -1.93. The Morgan fingerprint density at radius 2 is 1.76 bits per heavy atom. The molecule has 0 saturated carbocycles. The first kappa shape index (κ1) is 14.0. The van der Waals surface area contributed by atoms with Gasteiger partial charge in [-0.25, -0.2) is 0 Å². The number of allylic oxidation sites excluding steroid dienone is 3. The second-order valence-electron chi connectivity index (χ2n) is 5.89. The van der Waals surface area contributed by atoms with Crippen LogP contribution in [0.15, 0.2) is 58.8 Å². The summed E-state index contributed by atoms with van der Waals surface area (Å²) in [5.74, 6) is 0.231. The van der Waals surface area contributed by atoms with E-state index < -0.39 is 0 Å². The van der Waals surface area contributed by atoms with Gasteiger partial charge in [-0.3, -0.25) is 4.99 Å². The lowest BCUT2D eigenvalue weighted by molar-refractivity contribution is 0.116. The SMILES string of the molecule is COC1C=CC=C2N=C(c3cc(C)cc(C)c3)C(C)=CC21. The summed E-state index contributed by atoms with van der Waals surface area (Å²) >= 11 is 0. The number of rotatable bonds is 2. The minimum atomic E-state index is 0.0875. The zero-order valence-electron chi connectivity index (χ0n) is 13.1. The number of methoxy groups -OCH3 is 1. The molecule has 2 heteroatoms. The largest absolute Gasteiger partial charge is 0.376 e. The normalized spacial score (nSPS) is 24.1. The fraction of sp³-hybridized carbons (Fsp3) is 0.316. The zero-order valence-corrected chi connectivity index (χ0v) is 13.1. The van der Waals surface area contributed by atoms with E-state index in [0.717, 1.165) is 11.4 Å². The molecule has 1 aliphatic heterocycles. The lowest BCUT2D eigenvalue weighted by atomic mass is 9.86. The molecule has 0 amide bonds. The fourth-order valence-electron chi connectivity index (χ4n) is 3.15. The maximum Gasteiger partial charge on any atom is 0.0873 e. The van der Waals surface area contributed by atoms with Crippen LogP contribution in [0.1, 0.15) is 23.6 Å². The molecule has 2 unspecified atom stereocenters. The van der Waals surface area contributed by atoms with Crippen LogP contribution in [0.5, 0.6) is 0 Å². The van der Waals surface area contributed by atoms with E-state index in [-0.39, 0.29) is 12.0 Å². The monoisotopic (exact) mass is 279 g/mol. The topological polar surface area (TPSA) is 21.6 Å². The molecule has 0 bridgehead atoms. The van der Waals surface area contributed by atoms with Gasteiger partial charge in [0.15, 0.2) is 0 Å². The average molecular weight is 279 g/mol.